The lowest BCUT2D eigenvalue weighted by atomic mass is 9.78. The van der Waals surface area contributed by atoms with Crippen molar-refractivity contribution in [2.75, 3.05) is 0 Å². The first-order chi connectivity index (χ1) is 10.2. The number of carbonyl (C=O) groups is 1. The Morgan fingerprint density at radius 3 is 3.10 bits per heavy atom. The van der Waals surface area contributed by atoms with Crippen LogP contribution in [0.1, 0.15) is 44.0 Å². The van der Waals surface area contributed by atoms with Crippen molar-refractivity contribution in [3.8, 4) is 0 Å². The van der Waals surface area contributed by atoms with E-state index in [-0.39, 0.29) is 5.91 Å². The van der Waals surface area contributed by atoms with Gasteiger partial charge in [0.15, 0.2) is 0 Å². The summed E-state index contributed by atoms with van der Waals surface area (Å²) < 4.78 is 1.12. The lowest BCUT2D eigenvalue weighted by Crippen LogP contribution is -2.28. The Morgan fingerprint density at radius 1 is 1.43 bits per heavy atom. The summed E-state index contributed by atoms with van der Waals surface area (Å²) in [5.74, 6) is 1.39. The summed E-state index contributed by atoms with van der Waals surface area (Å²) in [5.41, 5.74) is 0.910. The first-order valence-corrected chi connectivity index (χ1v) is 8.50. The van der Waals surface area contributed by atoms with Crippen LogP contribution < -0.4 is 5.32 Å². The van der Waals surface area contributed by atoms with Crippen LogP contribution in [0.2, 0.25) is 0 Å². The summed E-state index contributed by atoms with van der Waals surface area (Å²) >= 11 is 1.62. The Kier molecular flexibility index (Phi) is 4.48. The summed E-state index contributed by atoms with van der Waals surface area (Å²) in [4.78, 5) is 20.7. The molecule has 1 saturated carbocycles. The molecule has 112 valence electrons. The molecule has 4 nitrogen and oxygen atoms in total. The molecule has 1 fully saturated rings. The third kappa shape index (κ3) is 3.59. The molecule has 0 aliphatic heterocycles. The van der Waals surface area contributed by atoms with Crippen LogP contribution in [-0.2, 0) is 11.3 Å². The third-order valence-electron chi connectivity index (χ3n) is 4.41. The third-order valence-corrected chi connectivity index (χ3v) is 5.44. The van der Waals surface area contributed by atoms with Crippen LogP contribution in [0.4, 0.5) is 0 Å². The quantitative estimate of drug-likeness (QED) is 0.940. The lowest BCUT2D eigenvalue weighted by Gasteiger charge is -2.28. The fourth-order valence-corrected chi connectivity index (χ4v) is 3.96. The number of pyridine rings is 1. The SMILES string of the molecule is CC1CCCCC1CC(=O)NCc1nc2cnccc2s1. The van der Waals surface area contributed by atoms with Crippen molar-refractivity contribution >= 4 is 27.5 Å². The summed E-state index contributed by atoms with van der Waals surface area (Å²) in [6, 6.07) is 1.96. The Labute approximate surface area is 129 Å². The molecule has 2 aromatic rings. The van der Waals surface area contributed by atoms with Gasteiger partial charge in [0, 0.05) is 12.6 Å². The minimum Gasteiger partial charge on any atom is -0.350 e. The molecule has 0 bridgehead atoms. The maximum atomic E-state index is 12.1. The average Bonchev–Trinajstić information content (AvgIpc) is 2.90. The first kappa shape index (κ1) is 14.4. The van der Waals surface area contributed by atoms with Crippen molar-refractivity contribution in [1.29, 1.82) is 0 Å². The van der Waals surface area contributed by atoms with Crippen LogP contribution >= 0.6 is 11.3 Å². The predicted molar refractivity (Wildman–Crippen MR) is 85.0 cm³/mol. The highest BCUT2D eigenvalue weighted by atomic mass is 32.1. The van der Waals surface area contributed by atoms with Gasteiger partial charge in [0.05, 0.1) is 23.0 Å². The van der Waals surface area contributed by atoms with Crippen molar-refractivity contribution < 1.29 is 4.79 Å². The summed E-state index contributed by atoms with van der Waals surface area (Å²) in [6.45, 7) is 2.80. The number of thiazole rings is 1. The molecule has 0 spiro atoms. The van der Waals surface area contributed by atoms with E-state index < -0.39 is 0 Å². The second-order valence-electron chi connectivity index (χ2n) is 5.95. The molecular weight excluding hydrogens is 282 g/mol. The number of aromatic nitrogens is 2. The van der Waals surface area contributed by atoms with Gasteiger partial charge in [-0.1, -0.05) is 26.2 Å². The summed E-state index contributed by atoms with van der Waals surface area (Å²) in [7, 11) is 0. The van der Waals surface area contributed by atoms with Gasteiger partial charge in [0.1, 0.15) is 5.01 Å². The van der Waals surface area contributed by atoms with E-state index in [0.717, 1.165) is 15.2 Å². The summed E-state index contributed by atoms with van der Waals surface area (Å²) in [5, 5.41) is 3.96. The summed E-state index contributed by atoms with van der Waals surface area (Å²) in [6.07, 6.45) is 9.25. The van der Waals surface area contributed by atoms with Gasteiger partial charge >= 0.3 is 0 Å². The van der Waals surface area contributed by atoms with E-state index in [1.54, 1.807) is 23.7 Å². The highest BCUT2D eigenvalue weighted by Gasteiger charge is 2.23. The molecule has 1 amide bonds. The van der Waals surface area contributed by atoms with Crippen molar-refractivity contribution in [1.82, 2.24) is 15.3 Å². The minimum absolute atomic E-state index is 0.158. The van der Waals surface area contributed by atoms with Crippen LogP contribution in [0.5, 0.6) is 0 Å². The van der Waals surface area contributed by atoms with Gasteiger partial charge in [-0.15, -0.1) is 11.3 Å². The van der Waals surface area contributed by atoms with Gasteiger partial charge in [-0.25, -0.2) is 4.98 Å². The number of rotatable bonds is 4. The molecule has 3 rings (SSSR count). The van der Waals surface area contributed by atoms with Gasteiger partial charge in [-0.3, -0.25) is 9.78 Å². The van der Waals surface area contributed by atoms with Crippen LogP contribution in [-0.4, -0.2) is 15.9 Å². The van der Waals surface area contributed by atoms with E-state index >= 15 is 0 Å². The van der Waals surface area contributed by atoms with Crippen LogP contribution in [0.25, 0.3) is 10.2 Å². The second kappa shape index (κ2) is 6.52. The molecule has 5 heteroatoms. The first-order valence-electron chi connectivity index (χ1n) is 7.68. The largest absolute Gasteiger partial charge is 0.350 e. The molecular formula is C16H21N3OS. The van der Waals surface area contributed by atoms with Crippen molar-refractivity contribution in [2.45, 2.75) is 45.6 Å². The van der Waals surface area contributed by atoms with E-state index in [0.29, 0.717) is 24.8 Å². The van der Waals surface area contributed by atoms with Crippen LogP contribution in [0.3, 0.4) is 0 Å². The zero-order valence-electron chi connectivity index (χ0n) is 12.3. The maximum absolute atomic E-state index is 12.1. The Balaban J connectivity index is 1.53. The van der Waals surface area contributed by atoms with Gasteiger partial charge in [0.25, 0.3) is 0 Å². The average molecular weight is 303 g/mol. The van der Waals surface area contributed by atoms with E-state index in [1.165, 1.54) is 25.7 Å². The fourth-order valence-electron chi connectivity index (χ4n) is 3.08. The number of hydrogen-bond donors (Lipinski definition) is 1. The van der Waals surface area contributed by atoms with Crippen molar-refractivity contribution in [2.24, 2.45) is 11.8 Å². The molecule has 1 aliphatic rings. The Morgan fingerprint density at radius 2 is 2.29 bits per heavy atom. The molecule has 2 aromatic heterocycles. The Hall–Kier alpha value is -1.49. The van der Waals surface area contributed by atoms with Gasteiger partial charge in [0.2, 0.25) is 5.91 Å². The van der Waals surface area contributed by atoms with Crippen LogP contribution in [0.15, 0.2) is 18.5 Å². The molecule has 0 radical (unpaired) electrons. The molecule has 2 unspecified atom stereocenters. The predicted octanol–water partition coefficient (Wildman–Crippen LogP) is 3.52. The topological polar surface area (TPSA) is 54.9 Å². The molecule has 1 N–H and O–H groups in total. The molecule has 2 heterocycles. The number of amides is 1. The van der Waals surface area contributed by atoms with E-state index in [2.05, 4.69) is 22.2 Å². The normalized spacial score (nSPS) is 22.3. The van der Waals surface area contributed by atoms with Crippen molar-refractivity contribution in [3.05, 3.63) is 23.5 Å². The molecule has 1 aliphatic carbocycles. The van der Waals surface area contributed by atoms with Crippen molar-refractivity contribution in [3.63, 3.8) is 0 Å². The van der Waals surface area contributed by atoms with Gasteiger partial charge < -0.3 is 5.32 Å². The van der Waals surface area contributed by atoms with E-state index in [9.17, 15) is 4.79 Å². The molecule has 21 heavy (non-hydrogen) atoms. The molecule has 0 saturated heterocycles. The number of nitrogens with one attached hydrogen (secondary N) is 1. The molecule has 0 aromatic carbocycles. The number of hydrogen-bond acceptors (Lipinski definition) is 4. The zero-order valence-corrected chi connectivity index (χ0v) is 13.2. The standard InChI is InChI=1S/C16H21N3OS/c1-11-4-2-3-5-12(11)8-15(20)18-10-16-19-13-9-17-7-6-14(13)21-16/h6-7,9,11-12H,2-5,8,10H2,1H3,(H,18,20). The second-order valence-corrected chi connectivity index (χ2v) is 7.07. The highest BCUT2D eigenvalue weighted by molar-refractivity contribution is 7.18. The monoisotopic (exact) mass is 303 g/mol. The highest BCUT2D eigenvalue weighted by Crippen LogP contribution is 2.31. The number of fused-ring (bicyclic) bond motifs is 1. The lowest BCUT2D eigenvalue weighted by molar-refractivity contribution is -0.122. The zero-order chi connectivity index (χ0) is 14.7. The number of nitrogens with zero attached hydrogens (tertiary/aromatic N) is 2. The fraction of sp³-hybridized carbons (Fsp3) is 0.562. The van der Waals surface area contributed by atoms with Crippen LogP contribution in [0, 0.1) is 11.8 Å². The molecule has 2 atom stereocenters. The smallest absolute Gasteiger partial charge is 0.220 e. The van der Waals surface area contributed by atoms with E-state index in [4.69, 9.17) is 0 Å². The van der Waals surface area contributed by atoms with Gasteiger partial charge in [-0.2, -0.15) is 0 Å². The minimum atomic E-state index is 0.158. The number of carbonyl (C=O) groups excluding carboxylic acids is 1. The van der Waals surface area contributed by atoms with E-state index in [1.807, 2.05) is 6.07 Å². The van der Waals surface area contributed by atoms with Gasteiger partial charge in [-0.05, 0) is 24.3 Å². The maximum Gasteiger partial charge on any atom is 0.220 e. The Bertz CT molecular complexity index is 592.